The van der Waals surface area contributed by atoms with Crippen LogP contribution in [0.2, 0.25) is 0 Å². The summed E-state index contributed by atoms with van der Waals surface area (Å²) < 4.78 is 6.41. The third-order valence-corrected chi connectivity index (χ3v) is 2.36. The number of carbonyl (C=O) groups excluding carboxylic acids is 1. The molecule has 7 nitrogen and oxygen atoms in total. The van der Waals surface area contributed by atoms with Crippen LogP contribution in [0.25, 0.3) is 5.65 Å². The van der Waals surface area contributed by atoms with Crippen molar-refractivity contribution in [3.05, 3.63) is 18.6 Å². The summed E-state index contributed by atoms with van der Waals surface area (Å²) in [5.41, 5.74) is 0.667. The lowest BCUT2D eigenvalue weighted by Crippen LogP contribution is -2.17. The lowest BCUT2D eigenvalue weighted by atomic mass is 10.5. The number of hydrogen-bond donors (Lipinski definition) is 2. The molecule has 0 bridgehead atoms. The van der Waals surface area contributed by atoms with Crippen LogP contribution < -0.4 is 10.6 Å². The van der Waals surface area contributed by atoms with Crippen LogP contribution in [0.4, 0.5) is 11.6 Å². The molecule has 7 heteroatoms. The number of hydrogen-bond acceptors (Lipinski definition) is 6. The van der Waals surface area contributed by atoms with Gasteiger partial charge in [0.2, 0.25) is 0 Å². The van der Waals surface area contributed by atoms with Crippen molar-refractivity contribution in [1.82, 2.24) is 14.4 Å². The Bertz CT molecular complexity index is 551. The van der Waals surface area contributed by atoms with Crippen LogP contribution in [0.15, 0.2) is 18.6 Å². The average molecular weight is 249 g/mol. The fourth-order valence-corrected chi connectivity index (χ4v) is 1.54. The van der Waals surface area contributed by atoms with Gasteiger partial charge in [-0.15, -0.1) is 0 Å². The predicted octanol–water partition coefficient (Wildman–Crippen LogP) is 0.746. The summed E-state index contributed by atoms with van der Waals surface area (Å²) in [7, 11) is 1.34. The minimum atomic E-state index is -0.352. The Labute approximate surface area is 104 Å². The fraction of sp³-hybridized carbons (Fsp3) is 0.364. The second-order valence-corrected chi connectivity index (χ2v) is 3.59. The molecule has 0 atom stereocenters. The Morgan fingerprint density at radius 2 is 2.33 bits per heavy atom. The Hall–Kier alpha value is -2.31. The van der Waals surface area contributed by atoms with Gasteiger partial charge < -0.3 is 19.8 Å². The van der Waals surface area contributed by atoms with Crippen LogP contribution in [-0.2, 0) is 9.53 Å². The molecule has 96 valence electrons. The van der Waals surface area contributed by atoms with Gasteiger partial charge in [-0.3, -0.25) is 4.79 Å². The summed E-state index contributed by atoms with van der Waals surface area (Å²) in [6.07, 6.45) is 5.34. The van der Waals surface area contributed by atoms with Crippen LogP contribution in [-0.4, -0.2) is 40.5 Å². The molecule has 0 aliphatic carbocycles. The maximum absolute atomic E-state index is 11.1. The van der Waals surface area contributed by atoms with E-state index < -0.39 is 0 Å². The maximum atomic E-state index is 11.1. The zero-order chi connectivity index (χ0) is 13.0. The molecular formula is C11H15N5O2. The van der Waals surface area contributed by atoms with E-state index in [-0.39, 0.29) is 12.5 Å². The fourth-order valence-electron chi connectivity index (χ4n) is 1.54. The molecule has 0 spiro atoms. The van der Waals surface area contributed by atoms with E-state index >= 15 is 0 Å². The largest absolute Gasteiger partial charge is 0.468 e. The number of rotatable bonds is 5. The van der Waals surface area contributed by atoms with Crippen LogP contribution in [0.5, 0.6) is 0 Å². The van der Waals surface area contributed by atoms with Crippen LogP contribution in [0.3, 0.4) is 0 Å². The number of imidazole rings is 1. The number of nitrogens with zero attached hydrogens (tertiary/aromatic N) is 3. The molecule has 18 heavy (non-hydrogen) atoms. The Morgan fingerprint density at radius 1 is 1.50 bits per heavy atom. The monoisotopic (exact) mass is 249 g/mol. The predicted molar refractivity (Wildman–Crippen MR) is 67.7 cm³/mol. The number of aromatic nitrogens is 3. The molecule has 0 aliphatic rings. The van der Waals surface area contributed by atoms with E-state index in [9.17, 15) is 4.79 Å². The zero-order valence-electron chi connectivity index (χ0n) is 10.3. The SMILES string of the molecule is CCNc1cn2ccnc2c(NCC(=O)OC)n1. The third kappa shape index (κ3) is 2.50. The van der Waals surface area contributed by atoms with Gasteiger partial charge in [0.05, 0.1) is 13.3 Å². The summed E-state index contributed by atoms with van der Waals surface area (Å²) in [6.45, 7) is 2.81. The molecule has 0 saturated heterocycles. The van der Waals surface area contributed by atoms with Gasteiger partial charge in [0.1, 0.15) is 12.4 Å². The first-order valence-electron chi connectivity index (χ1n) is 5.63. The van der Waals surface area contributed by atoms with Gasteiger partial charge >= 0.3 is 5.97 Å². The minimum Gasteiger partial charge on any atom is -0.468 e. The topological polar surface area (TPSA) is 80.5 Å². The van der Waals surface area contributed by atoms with Crippen molar-refractivity contribution in [2.24, 2.45) is 0 Å². The van der Waals surface area contributed by atoms with E-state index in [1.807, 2.05) is 23.7 Å². The highest BCUT2D eigenvalue weighted by atomic mass is 16.5. The van der Waals surface area contributed by atoms with Gasteiger partial charge in [-0.05, 0) is 6.92 Å². The highest BCUT2D eigenvalue weighted by molar-refractivity contribution is 5.77. The number of nitrogens with one attached hydrogen (secondary N) is 2. The second kappa shape index (κ2) is 5.35. The highest BCUT2D eigenvalue weighted by Crippen LogP contribution is 2.15. The van der Waals surface area contributed by atoms with Gasteiger partial charge in [0.15, 0.2) is 11.5 Å². The number of anilines is 2. The molecular weight excluding hydrogens is 234 g/mol. The Kier molecular flexibility index (Phi) is 3.61. The third-order valence-electron chi connectivity index (χ3n) is 2.36. The van der Waals surface area contributed by atoms with Crippen molar-refractivity contribution in [1.29, 1.82) is 0 Å². The minimum absolute atomic E-state index is 0.0571. The number of esters is 1. The quantitative estimate of drug-likeness (QED) is 0.761. The summed E-state index contributed by atoms with van der Waals surface area (Å²) in [4.78, 5) is 19.7. The van der Waals surface area contributed by atoms with E-state index in [2.05, 4.69) is 25.3 Å². The van der Waals surface area contributed by atoms with Crippen LogP contribution in [0.1, 0.15) is 6.92 Å². The van der Waals surface area contributed by atoms with Crippen molar-refractivity contribution in [3.8, 4) is 0 Å². The van der Waals surface area contributed by atoms with Crippen LogP contribution in [0, 0.1) is 0 Å². The van der Waals surface area contributed by atoms with E-state index in [1.54, 1.807) is 6.20 Å². The first-order valence-corrected chi connectivity index (χ1v) is 5.63. The molecule has 2 N–H and O–H groups in total. The summed E-state index contributed by atoms with van der Waals surface area (Å²) >= 11 is 0. The number of methoxy groups -OCH3 is 1. The lowest BCUT2D eigenvalue weighted by Gasteiger charge is -2.09. The van der Waals surface area contributed by atoms with E-state index in [0.717, 1.165) is 12.4 Å². The van der Waals surface area contributed by atoms with Crippen molar-refractivity contribution >= 4 is 23.3 Å². The smallest absolute Gasteiger partial charge is 0.325 e. The molecule has 0 amide bonds. The standard InChI is InChI=1S/C11H15N5O2/c1-3-12-8-7-16-5-4-13-11(16)10(15-8)14-6-9(17)18-2/h4-5,7,12H,3,6H2,1-2H3,(H,14,15). The Balaban J connectivity index is 2.28. The van der Waals surface area contributed by atoms with Gasteiger partial charge in [0.25, 0.3) is 0 Å². The zero-order valence-corrected chi connectivity index (χ0v) is 10.3. The summed E-state index contributed by atoms with van der Waals surface area (Å²) in [6, 6.07) is 0. The van der Waals surface area contributed by atoms with Gasteiger partial charge in [-0.1, -0.05) is 0 Å². The van der Waals surface area contributed by atoms with Crippen molar-refractivity contribution < 1.29 is 9.53 Å². The molecule has 0 unspecified atom stereocenters. The number of ether oxygens (including phenoxy) is 1. The maximum Gasteiger partial charge on any atom is 0.325 e. The normalized spacial score (nSPS) is 10.3. The summed E-state index contributed by atoms with van der Waals surface area (Å²) in [5, 5.41) is 6.03. The number of carbonyl (C=O) groups is 1. The van der Waals surface area contributed by atoms with Crippen molar-refractivity contribution in [2.45, 2.75) is 6.92 Å². The first-order chi connectivity index (χ1) is 8.74. The van der Waals surface area contributed by atoms with E-state index in [0.29, 0.717) is 11.5 Å². The molecule has 2 rings (SSSR count). The molecule has 2 aromatic heterocycles. The van der Waals surface area contributed by atoms with E-state index in [1.165, 1.54) is 7.11 Å². The van der Waals surface area contributed by atoms with Gasteiger partial charge in [0, 0.05) is 18.9 Å². The molecule has 0 aromatic carbocycles. The van der Waals surface area contributed by atoms with Crippen LogP contribution >= 0.6 is 0 Å². The van der Waals surface area contributed by atoms with Crippen molar-refractivity contribution in [3.63, 3.8) is 0 Å². The first kappa shape index (κ1) is 12.2. The van der Waals surface area contributed by atoms with Gasteiger partial charge in [-0.2, -0.15) is 0 Å². The van der Waals surface area contributed by atoms with Gasteiger partial charge in [-0.25, -0.2) is 9.97 Å². The molecule has 0 saturated carbocycles. The molecule has 2 heterocycles. The molecule has 0 fully saturated rings. The molecule has 2 aromatic rings. The number of fused-ring (bicyclic) bond motifs is 1. The van der Waals surface area contributed by atoms with E-state index in [4.69, 9.17) is 0 Å². The Morgan fingerprint density at radius 3 is 3.06 bits per heavy atom. The second-order valence-electron chi connectivity index (χ2n) is 3.59. The average Bonchev–Trinajstić information content (AvgIpc) is 2.84. The lowest BCUT2D eigenvalue weighted by molar-refractivity contribution is -0.138. The van der Waals surface area contributed by atoms with Crippen molar-refractivity contribution in [2.75, 3.05) is 30.8 Å². The molecule has 0 aliphatic heterocycles. The highest BCUT2D eigenvalue weighted by Gasteiger charge is 2.08. The molecule has 0 radical (unpaired) electrons. The summed E-state index contributed by atoms with van der Waals surface area (Å²) in [5.74, 6) is 0.912.